The van der Waals surface area contributed by atoms with Crippen LogP contribution in [0.5, 0.6) is 0 Å². The van der Waals surface area contributed by atoms with E-state index in [2.05, 4.69) is 0 Å². The minimum atomic E-state index is 0.389. The van der Waals surface area contributed by atoms with Crippen molar-refractivity contribution in [1.29, 1.82) is 0 Å². The van der Waals surface area contributed by atoms with Gasteiger partial charge in [-0.25, -0.2) is 5.59 Å². The highest BCUT2D eigenvalue weighted by Crippen LogP contribution is 2.01. The highest BCUT2D eigenvalue weighted by atomic mass is 16.5. The van der Waals surface area contributed by atoms with E-state index in [1.54, 1.807) is 0 Å². The fraction of sp³-hybridized carbons (Fsp3) is 1.00. The van der Waals surface area contributed by atoms with Crippen LogP contribution in [0.3, 0.4) is 0 Å². The molecule has 1 aliphatic rings. The van der Waals surface area contributed by atoms with Crippen LogP contribution in [0.4, 0.5) is 0 Å². The summed E-state index contributed by atoms with van der Waals surface area (Å²) < 4.78 is 5.46. The van der Waals surface area contributed by atoms with Gasteiger partial charge in [-0.2, -0.15) is 0 Å². The largest absolute Gasteiger partial charge is 0.742 e. The van der Waals surface area contributed by atoms with E-state index < -0.39 is 0 Å². The third-order valence-corrected chi connectivity index (χ3v) is 1.68. The standard InChI is InChI=1S/C5H12N2O2/c1-7(6-8)2-4-9-5-3-7/h6H,2-5H2,1H3. The molecule has 0 aromatic heterocycles. The van der Waals surface area contributed by atoms with Crippen LogP contribution < -0.4 is 5.59 Å². The smallest absolute Gasteiger partial charge is 0.119 e. The van der Waals surface area contributed by atoms with Crippen LogP contribution in [-0.4, -0.2) is 37.9 Å². The number of ether oxygens (including phenoxy) is 1. The molecule has 0 atom stereocenters. The number of hydrogen-bond acceptors (Lipinski definition) is 3. The van der Waals surface area contributed by atoms with Gasteiger partial charge in [0.15, 0.2) is 0 Å². The highest BCUT2D eigenvalue weighted by molar-refractivity contribution is 4.42. The number of likely N-dealkylation sites (N-methyl/N-ethyl adjacent to an activating group) is 1. The molecule has 0 spiro atoms. The van der Waals surface area contributed by atoms with Crippen LogP contribution >= 0.6 is 0 Å². The Morgan fingerprint density at radius 1 is 1.44 bits per heavy atom. The lowest BCUT2D eigenvalue weighted by Crippen LogP contribution is -2.58. The summed E-state index contributed by atoms with van der Waals surface area (Å²) in [5.41, 5.74) is 1.99. The Labute approximate surface area is 54.5 Å². The molecule has 1 fully saturated rings. The first kappa shape index (κ1) is 6.95. The van der Waals surface area contributed by atoms with Crippen LogP contribution in [0, 0.1) is 5.21 Å². The minimum Gasteiger partial charge on any atom is -0.742 e. The zero-order chi connectivity index (χ0) is 6.74. The maximum atomic E-state index is 10.3. The number of morpholine rings is 1. The number of nitrogens with zero attached hydrogens (tertiary/aromatic N) is 1. The second-order valence-corrected chi connectivity index (χ2v) is 2.55. The molecule has 9 heavy (non-hydrogen) atoms. The molecule has 4 heteroatoms. The minimum absolute atomic E-state index is 0.389. The molecular weight excluding hydrogens is 120 g/mol. The van der Waals surface area contributed by atoms with E-state index in [0.717, 1.165) is 13.1 Å². The van der Waals surface area contributed by atoms with Crippen molar-refractivity contribution in [3.05, 3.63) is 5.21 Å². The normalized spacial score (nSPS) is 26.0. The Morgan fingerprint density at radius 2 is 2.00 bits per heavy atom. The second kappa shape index (κ2) is 2.62. The first-order valence-electron chi connectivity index (χ1n) is 3.08. The molecule has 1 aliphatic heterocycles. The lowest BCUT2D eigenvalue weighted by atomic mass is 10.4. The van der Waals surface area contributed by atoms with E-state index >= 15 is 0 Å². The summed E-state index contributed by atoms with van der Waals surface area (Å²) in [5, 5.41) is 10.3. The average Bonchev–Trinajstić information content (AvgIpc) is 1.90. The second-order valence-electron chi connectivity index (χ2n) is 2.55. The summed E-state index contributed by atoms with van der Waals surface area (Å²) in [7, 11) is 1.87. The highest BCUT2D eigenvalue weighted by Gasteiger charge is 2.21. The maximum Gasteiger partial charge on any atom is 0.119 e. The van der Waals surface area contributed by atoms with Gasteiger partial charge in [0.2, 0.25) is 0 Å². The Bertz CT molecular complexity index is 91.0. The van der Waals surface area contributed by atoms with Crippen molar-refractivity contribution in [2.45, 2.75) is 0 Å². The van der Waals surface area contributed by atoms with Gasteiger partial charge < -0.3 is 9.94 Å². The zero-order valence-electron chi connectivity index (χ0n) is 5.59. The first-order valence-corrected chi connectivity index (χ1v) is 3.08. The van der Waals surface area contributed by atoms with E-state index in [1.807, 2.05) is 12.6 Å². The predicted molar refractivity (Wildman–Crippen MR) is 33.2 cm³/mol. The Balaban J connectivity index is 2.37. The van der Waals surface area contributed by atoms with E-state index in [4.69, 9.17) is 4.74 Å². The Morgan fingerprint density at radius 3 is 2.33 bits per heavy atom. The number of rotatable bonds is 1. The van der Waals surface area contributed by atoms with E-state index in [0.29, 0.717) is 17.8 Å². The summed E-state index contributed by atoms with van der Waals surface area (Å²) in [5.74, 6) is 0. The SMILES string of the molecule is C[N+]1(N[O-])CCOCC1. The lowest BCUT2D eigenvalue weighted by molar-refractivity contribution is -0.953. The van der Waals surface area contributed by atoms with E-state index in [-0.39, 0.29) is 0 Å². The van der Waals surface area contributed by atoms with Crippen molar-refractivity contribution in [1.82, 2.24) is 5.59 Å². The van der Waals surface area contributed by atoms with Crippen LogP contribution in [0.1, 0.15) is 0 Å². The monoisotopic (exact) mass is 132 g/mol. The van der Waals surface area contributed by atoms with Gasteiger partial charge in [0, 0.05) is 0 Å². The van der Waals surface area contributed by atoms with Crippen molar-refractivity contribution in [2.24, 2.45) is 0 Å². The molecule has 1 saturated heterocycles. The maximum absolute atomic E-state index is 10.3. The van der Waals surface area contributed by atoms with Crippen LogP contribution in [0.25, 0.3) is 0 Å². The summed E-state index contributed by atoms with van der Waals surface area (Å²) in [6.45, 7) is 2.91. The topological polar surface area (TPSA) is 44.3 Å². The molecular formula is C5H12N2O2. The average molecular weight is 132 g/mol. The Hall–Kier alpha value is -0.160. The first-order chi connectivity index (χ1) is 4.27. The molecule has 4 nitrogen and oxygen atoms in total. The van der Waals surface area contributed by atoms with Crippen molar-refractivity contribution >= 4 is 0 Å². The molecule has 0 bridgehead atoms. The molecule has 0 radical (unpaired) electrons. The molecule has 0 aliphatic carbocycles. The number of quaternary nitrogens is 1. The summed E-state index contributed by atoms with van der Waals surface area (Å²) in [4.78, 5) is 0. The van der Waals surface area contributed by atoms with Gasteiger partial charge in [0.1, 0.15) is 13.1 Å². The van der Waals surface area contributed by atoms with Crippen molar-refractivity contribution in [2.75, 3.05) is 33.4 Å². The van der Waals surface area contributed by atoms with Crippen LogP contribution in [-0.2, 0) is 4.74 Å². The summed E-state index contributed by atoms with van der Waals surface area (Å²) >= 11 is 0. The van der Waals surface area contributed by atoms with Gasteiger partial charge in [-0.05, 0) is 0 Å². The zero-order valence-corrected chi connectivity index (χ0v) is 5.59. The van der Waals surface area contributed by atoms with Crippen molar-refractivity contribution in [3.63, 3.8) is 0 Å². The predicted octanol–water partition coefficient (Wildman–Crippen LogP) is -0.534. The molecule has 0 saturated carbocycles. The van der Waals surface area contributed by atoms with Crippen LogP contribution in [0.2, 0.25) is 0 Å². The fourth-order valence-electron chi connectivity index (χ4n) is 0.837. The van der Waals surface area contributed by atoms with Gasteiger partial charge >= 0.3 is 0 Å². The summed E-state index contributed by atoms with van der Waals surface area (Å²) in [6, 6.07) is 0. The fourth-order valence-corrected chi connectivity index (χ4v) is 0.837. The molecule has 0 aromatic carbocycles. The molecule has 0 amide bonds. The van der Waals surface area contributed by atoms with Gasteiger partial charge in [-0.15, -0.1) is 0 Å². The molecule has 54 valence electrons. The molecule has 1 heterocycles. The summed E-state index contributed by atoms with van der Waals surface area (Å²) in [6.07, 6.45) is 0. The van der Waals surface area contributed by atoms with Crippen LogP contribution in [0.15, 0.2) is 0 Å². The lowest BCUT2D eigenvalue weighted by Gasteiger charge is -2.39. The number of nitrogens with one attached hydrogen (secondary N) is 1. The van der Waals surface area contributed by atoms with Gasteiger partial charge in [-0.3, -0.25) is 4.59 Å². The molecule has 1 rings (SSSR count). The van der Waals surface area contributed by atoms with Gasteiger partial charge in [0.25, 0.3) is 0 Å². The third kappa shape index (κ3) is 1.62. The molecule has 1 N–H and O–H groups in total. The number of hydrogen-bond donors (Lipinski definition) is 1. The molecule has 0 aromatic rings. The van der Waals surface area contributed by atoms with E-state index in [1.165, 1.54) is 0 Å². The Kier molecular flexibility index (Phi) is 2.02. The quantitative estimate of drug-likeness (QED) is 0.385. The van der Waals surface area contributed by atoms with Gasteiger partial charge in [0.05, 0.1) is 20.3 Å². The van der Waals surface area contributed by atoms with Crippen molar-refractivity contribution in [3.8, 4) is 0 Å². The third-order valence-electron chi connectivity index (χ3n) is 1.68. The van der Waals surface area contributed by atoms with Gasteiger partial charge in [-0.1, -0.05) is 0 Å². The van der Waals surface area contributed by atoms with Crippen molar-refractivity contribution < 1.29 is 9.33 Å². The molecule has 0 unspecified atom stereocenters. The van der Waals surface area contributed by atoms with E-state index in [9.17, 15) is 5.21 Å².